The second-order valence-corrected chi connectivity index (χ2v) is 15.4. The average molecular weight is 704 g/mol. The minimum atomic E-state index is -0.347. The first kappa shape index (κ1) is 32.9. The molecule has 0 amide bonds. The van der Waals surface area contributed by atoms with E-state index in [0.717, 1.165) is 82.8 Å². The van der Waals surface area contributed by atoms with E-state index in [9.17, 15) is 0 Å². The number of fused-ring (bicyclic) bond motifs is 7. The Morgan fingerprint density at radius 1 is 0.870 bits per heavy atom. The zero-order valence-corrected chi connectivity index (χ0v) is 30.8. The van der Waals surface area contributed by atoms with Crippen molar-refractivity contribution in [1.82, 2.24) is 5.32 Å². The van der Waals surface area contributed by atoms with Crippen LogP contribution in [0, 0.1) is 11.8 Å². The highest BCUT2D eigenvalue weighted by Gasteiger charge is 2.35. The molecule has 4 nitrogen and oxygen atoms in total. The monoisotopic (exact) mass is 703 g/mol. The maximum absolute atomic E-state index is 6.75. The van der Waals surface area contributed by atoms with Crippen LogP contribution in [0.25, 0.3) is 27.3 Å². The molecule has 1 N–H and O–H groups in total. The number of unbranched alkanes of at least 4 members (excludes halogenated alkanes) is 1. The lowest BCUT2D eigenvalue weighted by molar-refractivity contribution is 0.513. The lowest BCUT2D eigenvalue weighted by atomic mass is 9.82. The first-order valence-corrected chi connectivity index (χ1v) is 19.9. The highest BCUT2D eigenvalue weighted by Crippen LogP contribution is 2.46. The second kappa shape index (κ2) is 13.9. The van der Waals surface area contributed by atoms with E-state index in [0.29, 0.717) is 11.8 Å². The average Bonchev–Trinajstić information content (AvgIpc) is 3.36. The van der Waals surface area contributed by atoms with Crippen LogP contribution >= 0.6 is 0 Å². The van der Waals surface area contributed by atoms with Crippen molar-refractivity contribution < 1.29 is 4.42 Å². The summed E-state index contributed by atoms with van der Waals surface area (Å²) in [5.74, 6) is 3.46. The minimum Gasteiger partial charge on any atom is -0.460 e. The highest BCUT2D eigenvalue weighted by atomic mass is 16.3. The van der Waals surface area contributed by atoms with Gasteiger partial charge in [-0.3, -0.25) is 0 Å². The first-order chi connectivity index (χ1) is 26.7. The predicted octanol–water partition coefficient (Wildman–Crippen LogP) is 12.0. The Morgan fingerprint density at radius 2 is 1.72 bits per heavy atom. The Hall–Kier alpha value is -5.74. The smallest absolute Gasteiger partial charge is 0.159 e. The number of nitrogens with one attached hydrogen (secondary N) is 1. The van der Waals surface area contributed by atoms with Crippen molar-refractivity contribution in [3.63, 3.8) is 0 Å². The molecule has 0 radical (unpaired) electrons. The molecule has 4 unspecified atom stereocenters. The van der Waals surface area contributed by atoms with Gasteiger partial charge in [0.1, 0.15) is 23.3 Å². The van der Waals surface area contributed by atoms with Crippen LogP contribution in [0.3, 0.4) is 0 Å². The number of nitrogens with zero attached hydrogens (tertiary/aromatic N) is 2. The van der Waals surface area contributed by atoms with E-state index in [1.54, 1.807) is 0 Å². The number of hydrogen-bond donors (Lipinski definition) is 1. The maximum Gasteiger partial charge on any atom is 0.159 e. The Kier molecular flexibility index (Phi) is 8.47. The van der Waals surface area contributed by atoms with Crippen molar-refractivity contribution in [2.24, 2.45) is 21.8 Å². The summed E-state index contributed by atoms with van der Waals surface area (Å²) in [7, 11) is 0. The number of para-hydroxylation sites is 1. The van der Waals surface area contributed by atoms with Crippen molar-refractivity contribution in [3.8, 4) is 0 Å². The van der Waals surface area contributed by atoms with Crippen LogP contribution in [0.15, 0.2) is 171 Å². The molecule has 5 aliphatic rings. The van der Waals surface area contributed by atoms with Gasteiger partial charge in [0.05, 0.1) is 0 Å². The molecule has 4 heteroatoms. The molecule has 0 spiro atoms. The highest BCUT2D eigenvalue weighted by molar-refractivity contribution is 6.15. The lowest BCUT2D eigenvalue weighted by Gasteiger charge is -2.29. The van der Waals surface area contributed by atoms with Crippen LogP contribution in [0.4, 0.5) is 0 Å². The summed E-state index contributed by atoms with van der Waals surface area (Å²) < 4.78 is 6.75. The molecule has 2 bridgehead atoms. The molecule has 1 aromatic heterocycles. The largest absolute Gasteiger partial charge is 0.460 e. The molecule has 0 saturated carbocycles. The molecular formula is C50H45N3O. The molecule has 54 heavy (non-hydrogen) atoms. The number of furan rings is 1. The van der Waals surface area contributed by atoms with Crippen LogP contribution in [0.2, 0.25) is 0 Å². The molecular weight excluding hydrogens is 659 g/mol. The van der Waals surface area contributed by atoms with Gasteiger partial charge in [0, 0.05) is 39.5 Å². The summed E-state index contributed by atoms with van der Waals surface area (Å²) in [6.45, 7) is 2.25. The Morgan fingerprint density at radius 3 is 2.65 bits per heavy atom. The number of allylic oxidation sites excluding steroid dienone is 9. The van der Waals surface area contributed by atoms with Gasteiger partial charge in [-0.15, -0.1) is 0 Å². The van der Waals surface area contributed by atoms with Gasteiger partial charge in [0.2, 0.25) is 0 Å². The molecule has 0 saturated heterocycles. The fraction of sp³-hybridized carbons (Fsp3) is 0.240. The van der Waals surface area contributed by atoms with Crippen molar-refractivity contribution in [2.45, 2.75) is 64.0 Å². The van der Waals surface area contributed by atoms with Crippen LogP contribution in [-0.4, -0.2) is 17.8 Å². The number of hydrogen-bond acceptors (Lipinski definition) is 4. The van der Waals surface area contributed by atoms with E-state index in [1.807, 2.05) is 0 Å². The molecule has 1 aliphatic heterocycles. The number of rotatable bonds is 7. The normalized spacial score (nSPS) is 23.1. The van der Waals surface area contributed by atoms with E-state index in [4.69, 9.17) is 14.4 Å². The number of amidine groups is 2. The molecule has 4 aromatic carbocycles. The van der Waals surface area contributed by atoms with Gasteiger partial charge in [0.25, 0.3) is 0 Å². The fourth-order valence-corrected chi connectivity index (χ4v) is 9.08. The second-order valence-electron chi connectivity index (χ2n) is 15.4. The maximum atomic E-state index is 6.75. The van der Waals surface area contributed by atoms with Crippen molar-refractivity contribution in [1.29, 1.82) is 0 Å². The molecule has 10 rings (SSSR count). The quantitative estimate of drug-likeness (QED) is 0.183. The minimum absolute atomic E-state index is 0.134. The zero-order chi connectivity index (χ0) is 36.0. The summed E-state index contributed by atoms with van der Waals surface area (Å²) in [5.41, 5.74) is 10.9. The van der Waals surface area contributed by atoms with Gasteiger partial charge in [-0.25, -0.2) is 9.98 Å². The third-order valence-electron chi connectivity index (χ3n) is 11.9. The van der Waals surface area contributed by atoms with E-state index >= 15 is 0 Å². The lowest BCUT2D eigenvalue weighted by Crippen LogP contribution is -2.40. The molecule has 5 aromatic rings. The summed E-state index contributed by atoms with van der Waals surface area (Å²) in [5, 5.41) is 7.46. The van der Waals surface area contributed by atoms with E-state index in [-0.39, 0.29) is 12.1 Å². The first-order valence-electron chi connectivity index (χ1n) is 19.9. The van der Waals surface area contributed by atoms with Crippen LogP contribution in [0.5, 0.6) is 0 Å². The predicted molar refractivity (Wildman–Crippen MR) is 224 cm³/mol. The van der Waals surface area contributed by atoms with Crippen molar-refractivity contribution in [3.05, 3.63) is 184 Å². The van der Waals surface area contributed by atoms with Gasteiger partial charge in [-0.2, -0.15) is 0 Å². The Labute approximate surface area is 317 Å². The van der Waals surface area contributed by atoms with Gasteiger partial charge in [-0.1, -0.05) is 141 Å². The van der Waals surface area contributed by atoms with E-state index in [1.165, 1.54) is 45.9 Å². The Balaban J connectivity index is 1.10. The van der Waals surface area contributed by atoms with Gasteiger partial charge < -0.3 is 9.73 Å². The SMILES string of the molecule is CCCCc1ccc2cc(C3=NC(C4=CC5CC(C=C4)C=CC4=C5C=CCC4)=NC(C4=CCC(c5ccccc5)c5oc6ccccc6c54)N3)ccc2c1. The molecule has 266 valence electrons. The molecule has 4 atom stereocenters. The molecule has 2 heterocycles. The third kappa shape index (κ3) is 6.04. The number of benzene rings is 4. The van der Waals surface area contributed by atoms with E-state index < -0.39 is 0 Å². The van der Waals surface area contributed by atoms with Gasteiger partial charge >= 0.3 is 0 Å². The van der Waals surface area contributed by atoms with Crippen LogP contribution in [-0.2, 0) is 6.42 Å². The molecule has 0 fully saturated rings. The summed E-state index contributed by atoms with van der Waals surface area (Å²) in [4.78, 5) is 10.9. The fourth-order valence-electron chi connectivity index (χ4n) is 9.08. The number of aliphatic imine (C=N–C) groups is 2. The summed E-state index contributed by atoms with van der Waals surface area (Å²) in [6, 6.07) is 32.9. The van der Waals surface area contributed by atoms with E-state index in [2.05, 4.69) is 152 Å². The molecule has 4 aliphatic carbocycles. The van der Waals surface area contributed by atoms with Gasteiger partial charge in [0.15, 0.2) is 5.84 Å². The topological polar surface area (TPSA) is 49.9 Å². The summed E-state index contributed by atoms with van der Waals surface area (Å²) in [6.07, 6.45) is 26.2. The Bertz CT molecular complexity index is 2530. The van der Waals surface area contributed by atoms with Crippen molar-refractivity contribution in [2.75, 3.05) is 0 Å². The van der Waals surface area contributed by atoms with Gasteiger partial charge in [-0.05, 0) is 89.6 Å². The summed E-state index contributed by atoms with van der Waals surface area (Å²) >= 11 is 0. The number of aryl methyl sites for hydroxylation is 1. The van der Waals surface area contributed by atoms with Crippen LogP contribution in [0.1, 0.15) is 79.4 Å². The zero-order valence-electron chi connectivity index (χ0n) is 30.8. The standard InChI is InChI=1S/C50H45N3O/c1-2-3-11-32-19-22-37-30-39(25-24-36(37)28-32)49-51-48(38-23-20-33-18-21-35-14-7-8-15-41(35)40(29-33)31-38)52-50(53-49)44-27-26-42(34-12-5-4-6-13-34)47-46(44)43-16-9-10-17-45(43)54-47/h4-6,8-10,12-13,15-25,27-28,30-31,33,40,42,50H,2-3,7,11,14,26,29H2,1H3,(H,51,52,53). The third-order valence-corrected chi connectivity index (χ3v) is 11.9. The van der Waals surface area contributed by atoms with Crippen molar-refractivity contribution >= 4 is 39.0 Å². The van der Waals surface area contributed by atoms with Crippen LogP contribution < -0.4 is 5.32 Å².